The Balaban J connectivity index is 1.85. The molecule has 3 aliphatic rings. The number of fused-ring (bicyclic) bond motifs is 3. The number of nitrogens with zero attached hydrogens (tertiary/aromatic N) is 2. The quantitative estimate of drug-likeness (QED) is 0.824. The van der Waals surface area contributed by atoms with Crippen molar-refractivity contribution in [1.82, 2.24) is 9.47 Å². The number of hydrogen-bond donors (Lipinski definition) is 0. The zero-order valence-electron chi connectivity index (χ0n) is 14.2. The van der Waals surface area contributed by atoms with Crippen molar-refractivity contribution in [3.8, 4) is 0 Å². The molecule has 1 fully saturated rings. The van der Waals surface area contributed by atoms with Crippen molar-refractivity contribution in [1.29, 1.82) is 0 Å². The third-order valence-corrected chi connectivity index (χ3v) is 6.88. The molecule has 0 saturated carbocycles. The number of hydrogen-bond acceptors (Lipinski definition) is 2. The zero-order valence-corrected chi connectivity index (χ0v) is 14.2. The van der Waals surface area contributed by atoms with Gasteiger partial charge in [-0.25, -0.2) is 0 Å². The first-order chi connectivity index (χ1) is 11.3. The molecule has 0 spiro atoms. The summed E-state index contributed by atoms with van der Waals surface area (Å²) in [6, 6.07) is 9.56. The maximum atomic E-state index is 6.02. The van der Waals surface area contributed by atoms with Crippen molar-refractivity contribution < 1.29 is 4.74 Å². The highest BCUT2D eigenvalue weighted by atomic mass is 16.5. The summed E-state index contributed by atoms with van der Waals surface area (Å²) in [5.41, 5.74) is 4.96. The van der Waals surface area contributed by atoms with Crippen LogP contribution >= 0.6 is 0 Å². The van der Waals surface area contributed by atoms with Crippen LogP contribution in [0, 0.1) is 5.41 Å². The van der Waals surface area contributed by atoms with Gasteiger partial charge in [-0.05, 0) is 49.3 Å². The van der Waals surface area contributed by atoms with Crippen molar-refractivity contribution in [2.45, 2.75) is 51.3 Å². The SMILES string of the molecule is CC[C@]12CCCN3CCc4c(n(c5ccccc45)[C@@H](OC)C1)[C@@H]32. The van der Waals surface area contributed by atoms with Crippen LogP contribution in [0.2, 0.25) is 0 Å². The fraction of sp³-hybridized carbons (Fsp3) is 0.600. The average molecular weight is 310 g/mol. The van der Waals surface area contributed by atoms with Crippen LogP contribution in [0.15, 0.2) is 24.3 Å². The summed E-state index contributed by atoms with van der Waals surface area (Å²) in [6.07, 6.45) is 6.50. The van der Waals surface area contributed by atoms with E-state index in [2.05, 4.69) is 40.7 Å². The summed E-state index contributed by atoms with van der Waals surface area (Å²) in [5.74, 6) is 0. The first kappa shape index (κ1) is 14.1. The number of piperidine rings is 1. The number of methoxy groups -OCH3 is 1. The Morgan fingerprint density at radius 2 is 2.13 bits per heavy atom. The van der Waals surface area contributed by atoms with Gasteiger partial charge in [0.15, 0.2) is 0 Å². The van der Waals surface area contributed by atoms with Gasteiger partial charge in [0.1, 0.15) is 6.23 Å². The van der Waals surface area contributed by atoms with Gasteiger partial charge in [0.05, 0.1) is 11.6 Å². The van der Waals surface area contributed by atoms with Gasteiger partial charge in [0, 0.05) is 31.2 Å². The minimum atomic E-state index is 0.192. The monoisotopic (exact) mass is 310 g/mol. The first-order valence-electron chi connectivity index (χ1n) is 9.17. The lowest BCUT2D eigenvalue weighted by Gasteiger charge is -2.56. The Bertz CT molecular complexity index is 764. The van der Waals surface area contributed by atoms with E-state index in [9.17, 15) is 0 Å². The lowest BCUT2D eigenvalue weighted by Crippen LogP contribution is -2.53. The molecule has 3 heteroatoms. The lowest BCUT2D eigenvalue weighted by atomic mass is 9.64. The second kappa shape index (κ2) is 4.84. The van der Waals surface area contributed by atoms with Gasteiger partial charge >= 0.3 is 0 Å². The molecule has 2 aromatic rings. The molecule has 4 heterocycles. The normalized spacial score (nSPS) is 33.0. The van der Waals surface area contributed by atoms with Crippen LogP contribution in [-0.2, 0) is 11.2 Å². The van der Waals surface area contributed by atoms with Gasteiger partial charge in [0.25, 0.3) is 0 Å². The Hall–Kier alpha value is -1.32. The molecule has 0 N–H and O–H groups in total. The van der Waals surface area contributed by atoms with Crippen molar-refractivity contribution in [2.24, 2.45) is 5.41 Å². The second-order valence-electron chi connectivity index (χ2n) is 7.65. The fourth-order valence-electron chi connectivity index (χ4n) is 5.82. The van der Waals surface area contributed by atoms with Crippen LogP contribution in [0.25, 0.3) is 10.9 Å². The number of aromatic nitrogens is 1. The highest BCUT2D eigenvalue weighted by molar-refractivity contribution is 5.86. The van der Waals surface area contributed by atoms with E-state index in [4.69, 9.17) is 4.74 Å². The predicted octanol–water partition coefficient (Wildman–Crippen LogP) is 4.28. The molecule has 1 aromatic heterocycles. The molecule has 1 saturated heterocycles. The molecule has 122 valence electrons. The van der Waals surface area contributed by atoms with E-state index in [0.717, 1.165) is 6.42 Å². The smallest absolute Gasteiger partial charge is 0.134 e. The van der Waals surface area contributed by atoms with E-state index in [-0.39, 0.29) is 6.23 Å². The molecular formula is C20H26N2O. The molecular weight excluding hydrogens is 284 g/mol. The molecule has 3 nitrogen and oxygen atoms in total. The first-order valence-corrected chi connectivity index (χ1v) is 9.17. The van der Waals surface area contributed by atoms with E-state index < -0.39 is 0 Å². The van der Waals surface area contributed by atoms with Crippen molar-refractivity contribution >= 4 is 10.9 Å². The van der Waals surface area contributed by atoms with Gasteiger partial charge in [-0.1, -0.05) is 25.1 Å². The molecule has 0 bridgehead atoms. The van der Waals surface area contributed by atoms with E-state index >= 15 is 0 Å². The van der Waals surface area contributed by atoms with Gasteiger partial charge < -0.3 is 9.30 Å². The lowest BCUT2D eigenvalue weighted by molar-refractivity contribution is -0.0926. The Morgan fingerprint density at radius 1 is 1.26 bits per heavy atom. The molecule has 23 heavy (non-hydrogen) atoms. The second-order valence-corrected chi connectivity index (χ2v) is 7.65. The molecule has 3 aliphatic heterocycles. The maximum absolute atomic E-state index is 6.02. The summed E-state index contributed by atoms with van der Waals surface area (Å²) in [4.78, 5) is 2.77. The molecule has 3 atom stereocenters. The summed E-state index contributed by atoms with van der Waals surface area (Å²) >= 11 is 0. The van der Waals surface area contributed by atoms with E-state index in [0.29, 0.717) is 11.5 Å². The van der Waals surface area contributed by atoms with Crippen LogP contribution in [0.3, 0.4) is 0 Å². The van der Waals surface area contributed by atoms with Crippen LogP contribution in [0.4, 0.5) is 0 Å². The number of ether oxygens (including phenoxy) is 1. The fourth-order valence-corrected chi connectivity index (χ4v) is 5.82. The van der Waals surface area contributed by atoms with Gasteiger partial charge in [-0.3, -0.25) is 4.90 Å². The predicted molar refractivity (Wildman–Crippen MR) is 92.6 cm³/mol. The number of benzene rings is 1. The van der Waals surface area contributed by atoms with E-state index in [1.165, 1.54) is 49.7 Å². The third-order valence-electron chi connectivity index (χ3n) is 6.88. The molecule has 0 radical (unpaired) electrons. The Morgan fingerprint density at radius 3 is 2.96 bits per heavy atom. The van der Waals surface area contributed by atoms with Crippen LogP contribution in [0.5, 0.6) is 0 Å². The van der Waals surface area contributed by atoms with Gasteiger partial charge in [0.2, 0.25) is 0 Å². The summed E-state index contributed by atoms with van der Waals surface area (Å²) in [7, 11) is 1.89. The Kier molecular flexibility index (Phi) is 2.96. The van der Waals surface area contributed by atoms with Gasteiger partial charge in [-0.15, -0.1) is 0 Å². The summed E-state index contributed by atoms with van der Waals surface area (Å²) < 4.78 is 8.56. The van der Waals surface area contributed by atoms with E-state index in [1.54, 1.807) is 11.3 Å². The largest absolute Gasteiger partial charge is 0.361 e. The highest BCUT2D eigenvalue weighted by Gasteiger charge is 2.53. The maximum Gasteiger partial charge on any atom is 0.134 e. The number of para-hydroxylation sites is 1. The van der Waals surface area contributed by atoms with Crippen molar-refractivity contribution in [3.05, 3.63) is 35.5 Å². The van der Waals surface area contributed by atoms with Crippen LogP contribution in [0.1, 0.15) is 56.1 Å². The minimum absolute atomic E-state index is 0.192. The third kappa shape index (κ3) is 1.67. The Labute approximate surface area is 138 Å². The molecule has 5 rings (SSSR count). The van der Waals surface area contributed by atoms with Crippen LogP contribution in [-0.4, -0.2) is 29.7 Å². The average Bonchev–Trinajstić information content (AvgIpc) is 2.95. The topological polar surface area (TPSA) is 17.4 Å². The van der Waals surface area contributed by atoms with E-state index in [1.807, 2.05) is 7.11 Å². The molecule has 0 amide bonds. The molecule has 0 unspecified atom stereocenters. The van der Waals surface area contributed by atoms with Crippen molar-refractivity contribution in [3.63, 3.8) is 0 Å². The number of rotatable bonds is 2. The molecule has 0 aliphatic carbocycles. The van der Waals surface area contributed by atoms with Crippen molar-refractivity contribution in [2.75, 3.05) is 20.2 Å². The minimum Gasteiger partial charge on any atom is -0.361 e. The standard InChI is InChI=1S/C20H26N2O/c1-3-20-10-6-11-21-12-9-15-14-7-4-5-8-16(14)22(17(13-20)23-2)18(15)19(20)21/h4-5,7-8,17,19H,3,6,9-13H2,1-2H3/t17-,19+,20-/m0/s1. The van der Waals surface area contributed by atoms with Gasteiger partial charge in [-0.2, -0.15) is 0 Å². The summed E-state index contributed by atoms with van der Waals surface area (Å²) in [6.45, 7) is 4.89. The summed E-state index contributed by atoms with van der Waals surface area (Å²) in [5, 5.41) is 1.46. The highest BCUT2D eigenvalue weighted by Crippen LogP contribution is 2.59. The molecule has 1 aromatic carbocycles. The van der Waals surface area contributed by atoms with Crippen LogP contribution < -0.4 is 0 Å². The zero-order chi connectivity index (χ0) is 15.6.